The molecule has 696 valence electrons. The minimum absolute atomic E-state index is 0.000791. The molecule has 0 spiro atoms. The van der Waals surface area contributed by atoms with Crippen LogP contribution in [0.2, 0.25) is 0 Å². The number of nitrogens with zero attached hydrogens (tertiary/aromatic N) is 11. The first kappa shape index (κ1) is 90.3. The van der Waals surface area contributed by atoms with Gasteiger partial charge in [-0.15, -0.1) is 0 Å². The molecule has 0 aliphatic carbocycles. The molecule has 0 saturated carbocycles. The molecule has 0 radical (unpaired) electrons. The summed E-state index contributed by atoms with van der Waals surface area (Å²) < 4.78 is 33.3. The highest BCUT2D eigenvalue weighted by molar-refractivity contribution is 6.12. The molecule has 4 fully saturated rings. The van der Waals surface area contributed by atoms with Gasteiger partial charge in [-0.1, -0.05) is 140 Å². The number of aromatic nitrogens is 7. The average Bonchev–Trinajstić information content (AvgIpc) is 1.61. The SMILES string of the molecule is COc1ccc2c(c1)C(=O)N(C[C@@]1(c3ccc(-c4cc(C)c5c(cnn5C(C)C)c4)cc3)NC(=O)NC1=O)C2.COc1ccc2c(c1)C(=O)N(C[C@@]1(c3ccc(-c4ccccn4)cc3)NC(=O)NC1=O)C2.COc1ccc2c(c1)C(=O)N(C[C@@]1(c3ccc(-c4cnccn4)cc3)NC(=O)NC1=O)C2.O=C1NC(=O)[C@](CN2Cc3ccc(F)cc3C2=O)(c2ccc(-c3ccc(-n4ccnc4)cc3)cc2)N1. The molecule has 8 aliphatic heterocycles. The fourth-order valence-corrected chi connectivity index (χ4v) is 18.9. The number of fused-ring (bicyclic) bond motifs is 5. The summed E-state index contributed by atoms with van der Waals surface area (Å²) in [5.74, 6) is -1.78. The molecule has 8 N–H and O–H groups in total. The molecule has 16 amide bonds. The third kappa shape index (κ3) is 17.0. The number of imidazole rings is 1. The summed E-state index contributed by atoms with van der Waals surface area (Å²) in [7, 11) is 4.63. The van der Waals surface area contributed by atoms with Gasteiger partial charge in [0, 0.05) is 108 Å². The fraction of sp³-hybridized carbons (Fsp3) is 0.183. The van der Waals surface area contributed by atoms with Crippen LogP contribution in [0.3, 0.4) is 0 Å². The Morgan fingerprint density at radius 1 is 0.374 bits per heavy atom. The van der Waals surface area contributed by atoms with Gasteiger partial charge < -0.3 is 59.6 Å². The first-order chi connectivity index (χ1) is 67.1. The van der Waals surface area contributed by atoms with Gasteiger partial charge in [0.25, 0.3) is 47.3 Å². The topological polar surface area (TPSA) is 416 Å². The molecular formula is C104H88FN19O15. The average molecular weight is 1860 g/mol. The summed E-state index contributed by atoms with van der Waals surface area (Å²) in [6, 6.07) is 65.0. The molecule has 4 saturated heterocycles. The maximum absolute atomic E-state index is 13.7. The number of ether oxygens (including phenoxy) is 3. The Bertz CT molecular complexity index is 7150. The van der Waals surface area contributed by atoms with E-state index in [1.165, 1.54) is 24.1 Å². The first-order valence-electron chi connectivity index (χ1n) is 44.3. The van der Waals surface area contributed by atoms with Crippen molar-refractivity contribution in [2.45, 2.75) is 75.1 Å². The summed E-state index contributed by atoms with van der Waals surface area (Å²) in [5, 5.41) is 25.9. The largest absolute Gasteiger partial charge is 0.497 e. The number of urea groups is 4. The monoisotopic (exact) mass is 1860 g/mol. The van der Waals surface area contributed by atoms with Gasteiger partial charge in [0.05, 0.1) is 83.1 Å². The van der Waals surface area contributed by atoms with Crippen LogP contribution in [-0.2, 0) is 67.5 Å². The van der Waals surface area contributed by atoms with Gasteiger partial charge in [-0.05, 0) is 178 Å². The number of nitrogens with one attached hydrogen (secondary N) is 8. The van der Waals surface area contributed by atoms with Crippen molar-refractivity contribution in [3.05, 3.63) is 352 Å². The zero-order valence-corrected chi connectivity index (χ0v) is 75.6. The van der Waals surface area contributed by atoms with E-state index in [0.717, 1.165) is 77.9 Å². The van der Waals surface area contributed by atoms with Crippen LogP contribution in [0.4, 0.5) is 23.6 Å². The van der Waals surface area contributed by atoms with E-state index in [9.17, 15) is 61.9 Å². The zero-order valence-electron chi connectivity index (χ0n) is 75.6. The van der Waals surface area contributed by atoms with Gasteiger partial charge in [0.1, 0.15) is 23.1 Å². The predicted octanol–water partition coefficient (Wildman–Crippen LogP) is 12.0. The Kier molecular flexibility index (Phi) is 23.7. The van der Waals surface area contributed by atoms with E-state index in [-0.39, 0.29) is 68.0 Å². The Balaban J connectivity index is 0.000000119. The molecule has 4 atom stereocenters. The van der Waals surface area contributed by atoms with Crippen molar-refractivity contribution >= 4 is 82.3 Å². The van der Waals surface area contributed by atoms with Crippen LogP contribution in [-0.4, -0.2) is 173 Å². The molecule has 4 aromatic heterocycles. The van der Waals surface area contributed by atoms with E-state index in [1.54, 1.807) is 145 Å². The maximum Gasteiger partial charge on any atom is 0.322 e. The number of carbonyl (C=O) groups excluding carboxylic acids is 12. The molecule has 139 heavy (non-hydrogen) atoms. The lowest BCUT2D eigenvalue weighted by Crippen LogP contribution is -2.52. The third-order valence-electron chi connectivity index (χ3n) is 26.1. The second kappa shape index (κ2) is 36.5. The number of carbonyl (C=O) groups is 12. The normalized spacial score (nSPS) is 19.1. The van der Waals surface area contributed by atoms with Gasteiger partial charge in [-0.3, -0.25) is 79.3 Å². The summed E-state index contributed by atoms with van der Waals surface area (Å²) in [5.41, 5.74) is 12.0. The Hall–Kier alpha value is -17.9. The zero-order chi connectivity index (χ0) is 96.9. The van der Waals surface area contributed by atoms with Crippen molar-refractivity contribution in [3.8, 4) is 67.7 Å². The number of amides is 16. The van der Waals surface area contributed by atoms with Crippen molar-refractivity contribution in [1.82, 2.24) is 96.4 Å². The van der Waals surface area contributed by atoms with Crippen molar-refractivity contribution < 1.29 is 76.1 Å². The Morgan fingerprint density at radius 3 is 1.10 bits per heavy atom. The van der Waals surface area contributed by atoms with E-state index in [2.05, 4.69) is 100 Å². The molecular weight excluding hydrogens is 1770 g/mol. The number of aryl methyl sites for hydroxylation is 1. The molecule has 0 unspecified atom stereocenters. The van der Waals surface area contributed by atoms with Gasteiger partial charge in [0.2, 0.25) is 0 Å². The number of hydrogen-bond acceptors (Lipinski definition) is 20. The Morgan fingerprint density at radius 2 is 0.748 bits per heavy atom. The first-order valence-corrected chi connectivity index (χ1v) is 44.3. The summed E-state index contributed by atoms with van der Waals surface area (Å²) in [6.07, 6.45) is 13.7. The molecule has 34 nitrogen and oxygen atoms in total. The second-order valence-corrected chi connectivity index (χ2v) is 34.8. The van der Waals surface area contributed by atoms with Crippen molar-refractivity contribution in [1.29, 1.82) is 0 Å². The number of pyridine rings is 1. The number of benzene rings is 10. The van der Waals surface area contributed by atoms with Crippen LogP contribution in [0.25, 0.3) is 61.4 Å². The van der Waals surface area contributed by atoms with Crippen molar-refractivity contribution in [3.63, 3.8) is 0 Å². The summed E-state index contributed by atoms with van der Waals surface area (Å²) >= 11 is 0. The molecule has 0 bridgehead atoms. The molecule has 14 aromatic rings. The highest BCUT2D eigenvalue weighted by Gasteiger charge is 2.55. The van der Waals surface area contributed by atoms with Gasteiger partial charge >= 0.3 is 24.1 Å². The van der Waals surface area contributed by atoms with Crippen molar-refractivity contribution in [2.75, 3.05) is 47.5 Å². The predicted molar refractivity (Wildman–Crippen MR) is 504 cm³/mol. The lowest BCUT2D eigenvalue weighted by molar-refractivity contribution is -0.125. The van der Waals surface area contributed by atoms with E-state index in [4.69, 9.17) is 14.2 Å². The molecule has 35 heteroatoms. The van der Waals surface area contributed by atoms with E-state index >= 15 is 0 Å². The number of methoxy groups -OCH3 is 3. The molecule has 12 heterocycles. The van der Waals surface area contributed by atoms with Gasteiger partial charge in [-0.25, -0.2) is 28.6 Å². The Labute approximate surface area is 793 Å². The maximum atomic E-state index is 13.7. The van der Waals surface area contributed by atoms with E-state index < -0.39 is 75.7 Å². The number of rotatable bonds is 21. The summed E-state index contributed by atoms with van der Waals surface area (Å²) in [6.45, 7) is 7.44. The second-order valence-electron chi connectivity index (χ2n) is 34.8. The minimum Gasteiger partial charge on any atom is -0.497 e. The third-order valence-corrected chi connectivity index (χ3v) is 26.1. The quantitative estimate of drug-likeness (QED) is 0.0310. The van der Waals surface area contributed by atoms with Crippen LogP contribution in [0.5, 0.6) is 17.2 Å². The van der Waals surface area contributed by atoms with Crippen LogP contribution < -0.4 is 56.7 Å². The van der Waals surface area contributed by atoms with E-state index in [1.807, 2.05) is 143 Å². The molecule has 8 aliphatic rings. The molecule has 10 aromatic carbocycles. The van der Waals surface area contributed by atoms with Crippen LogP contribution >= 0.6 is 0 Å². The van der Waals surface area contributed by atoms with Crippen LogP contribution in [0.1, 0.15) is 111 Å². The number of halogens is 1. The highest BCUT2D eigenvalue weighted by atomic mass is 19.1. The lowest BCUT2D eigenvalue weighted by atomic mass is 9.87. The fourth-order valence-electron chi connectivity index (χ4n) is 18.9. The summed E-state index contributed by atoms with van der Waals surface area (Å²) in [4.78, 5) is 176. The van der Waals surface area contributed by atoms with Crippen LogP contribution in [0.15, 0.2) is 274 Å². The number of hydrogen-bond donors (Lipinski definition) is 8. The number of imide groups is 4. The van der Waals surface area contributed by atoms with E-state index in [0.29, 0.717) is 87.1 Å². The van der Waals surface area contributed by atoms with Gasteiger partial charge in [-0.2, -0.15) is 5.10 Å². The lowest BCUT2D eigenvalue weighted by Gasteiger charge is -2.31. The van der Waals surface area contributed by atoms with Crippen LogP contribution in [0, 0.1) is 12.7 Å². The van der Waals surface area contributed by atoms with Crippen molar-refractivity contribution in [2.24, 2.45) is 0 Å². The standard InChI is InChI=1S/C30H29N5O4.C27H20FN5O3.C24H20N4O4.C23H19N5O4/c1-17(2)35-26-18(3)11-21(12-22(26)14-31-35)19-5-8-23(9-6-19)30(28(37)32-29(38)33-30)16-34-15-20-7-10-24(39-4)13-25(20)27(34)36;28-21-8-3-19-14-33(24(34)23(19)13-21)15-27(25(35)30-26(36)31-27)20-6-1-17(2-7-20)18-4-9-22(10-5-18)32-12-11-29-16-32;1-32-18-10-7-16-13-28(21(29)19(16)12-18)14-24(22(30)26-23(31)27-24)17-8-5-15(6-9-17)20-4-2-3-11-25-20;1-32-17-7-4-15-12-28(20(29)18(15)10-17)13-23(21(30)26-22(31)27-23)16-5-2-14(3-6-16)19-11-24-8-9-25-19/h5-14,17H,15-16H2,1-4H3,(H2,32,33,37,38);1-13,16H,14-15H2,(H2,30,31,35,36);2-12H,13-14H2,1H3,(H2,26,27,30,31);2-11H,12-13H2,1H3,(H2,26,27,30,31)/t30-;27-;24-;23-/m0000/s1. The highest BCUT2D eigenvalue weighted by Crippen LogP contribution is 2.41. The van der Waals surface area contributed by atoms with Gasteiger partial charge in [0.15, 0.2) is 22.2 Å². The molecule has 22 rings (SSSR count). The minimum atomic E-state index is -1.46. The smallest absolute Gasteiger partial charge is 0.322 e.